The molecule has 1 aliphatic rings. The van der Waals surface area contributed by atoms with Gasteiger partial charge >= 0.3 is 0 Å². The first-order chi connectivity index (χ1) is 10.3. The van der Waals surface area contributed by atoms with Crippen molar-refractivity contribution in [3.63, 3.8) is 0 Å². The third-order valence-electron chi connectivity index (χ3n) is 3.33. The quantitative estimate of drug-likeness (QED) is 0.332. The molecule has 106 valence electrons. The SMILES string of the molecule is CSC=NC1=C(C(C=Cc2ccccc2)=CC#N)CCC1. The first-order valence-electron chi connectivity index (χ1n) is 6.96. The van der Waals surface area contributed by atoms with E-state index < -0.39 is 0 Å². The Morgan fingerprint density at radius 2 is 2.10 bits per heavy atom. The molecular formula is C18H18N2S. The molecule has 3 heteroatoms. The van der Waals surface area contributed by atoms with Gasteiger partial charge in [-0.05, 0) is 42.2 Å². The van der Waals surface area contributed by atoms with Crippen LogP contribution in [0.4, 0.5) is 0 Å². The maximum atomic E-state index is 9.03. The summed E-state index contributed by atoms with van der Waals surface area (Å²) in [4.78, 5) is 4.51. The third kappa shape index (κ3) is 4.47. The predicted molar refractivity (Wildman–Crippen MR) is 92.1 cm³/mol. The molecule has 0 heterocycles. The number of thioether (sulfide) groups is 1. The van der Waals surface area contributed by atoms with Gasteiger partial charge in [-0.1, -0.05) is 42.5 Å². The number of benzene rings is 1. The van der Waals surface area contributed by atoms with Crippen LogP contribution in [0.25, 0.3) is 6.08 Å². The molecule has 0 spiro atoms. The second-order valence-corrected chi connectivity index (χ2v) is 5.40. The highest BCUT2D eigenvalue weighted by atomic mass is 32.2. The van der Waals surface area contributed by atoms with E-state index in [0.717, 1.165) is 36.1 Å². The fraction of sp³-hybridized carbons (Fsp3) is 0.222. The van der Waals surface area contributed by atoms with Crippen LogP contribution in [0.5, 0.6) is 0 Å². The van der Waals surface area contributed by atoms with Crippen LogP contribution in [-0.4, -0.2) is 11.8 Å². The fourth-order valence-corrected chi connectivity index (χ4v) is 2.59. The Kier molecular flexibility index (Phi) is 6.05. The van der Waals surface area contributed by atoms with Crippen molar-refractivity contribution in [2.45, 2.75) is 19.3 Å². The van der Waals surface area contributed by atoms with Gasteiger partial charge in [0.25, 0.3) is 0 Å². The fourth-order valence-electron chi connectivity index (χ4n) is 2.35. The number of hydrogen-bond acceptors (Lipinski definition) is 3. The van der Waals surface area contributed by atoms with E-state index in [1.54, 1.807) is 17.8 Å². The minimum Gasteiger partial charge on any atom is -0.254 e. The van der Waals surface area contributed by atoms with Crippen molar-refractivity contribution in [1.82, 2.24) is 0 Å². The van der Waals surface area contributed by atoms with E-state index in [1.807, 2.05) is 42.2 Å². The van der Waals surface area contributed by atoms with Crippen LogP contribution < -0.4 is 0 Å². The summed E-state index contributed by atoms with van der Waals surface area (Å²) in [5.41, 5.74) is 6.30. The highest BCUT2D eigenvalue weighted by molar-refractivity contribution is 8.11. The molecule has 21 heavy (non-hydrogen) atoms. The predicted octanol–water partition coefficient (Wildman–Crippen LogP) is 4.98. The van der Waals surface area contributed by atoms with Crippen molar-refractivity contribution >= 4 is 23.4 Å². The molecule has 1 aromatic carbocycles. The molecule has 0 aromatic heterocycles. The van der Waals surface area contributed by atoms with E-state index >= 15 is 0 Å². The molecule has 0 saturated heterocycles. The minimum absolute atomic E-state index is 0.979. The zero-order valence-corrected chi connectivity index (χ0v) is 12.9. The van der Waals surface area contributed by atoms with Crippen LogP contribution in [0.1, 0.15) is 24.8 Å². The molecule has 0 unspecified atom stereocenters. The molecule has 2 nitrogen and oxygen atoms in total. The van der Waals surface area contributed by atoms with Crippen LogP contribution in [-0.2, 0) is 0 Å². The molecule has 0 aliphatic heterocycles. The zero-order chi connectivity index (χ0) is 14.9. The number of aliphatic imine (C=N–C) groups is 1. The maximum Gasteiger partial charge on any atom is 0.0918 e. The van der Waals surface area contributed by atoms with E-state index in [9.17, 15) is 0 Å². The molecule has 0 bridgehead atoms. The van der Waals surface area contributed by atoms with Crippen LogP contribution in [0.3, 0.4) is 0 Å². The third-order valence-corrected chi connectivity index (χ3v) is 3.64. The molecule has 2 rings (SSSR count). The first kappa shape index (κ1) is 15.3. The van der Waals surface area contributed by atoms with Gasteiger partial charge < -0.3 is 0 Å². The number of rotatable bonds is 5. The molecule has 0 atom stereocenters. The summed E-state index contributed by atoms with van der Waals surface area (Å²) < 4.78 is 0. The van der Waals surface area contributed by atoms with Crippen molar-refractivity contribution < 1.29 is 0 Å². The first-order valence-corrected chi connectivity index (χ1v) is 8.24. The van der Waals surface area contributed by atoms with E-state index in [4.69, 9.17) is 5.26 Å². The van der Waals surface area contributed by atoms with Crippen LogP contribution in [0, 0.1) is 11.3 Å². The second-order valence-electron chi connectivity index (χ2n) is 4.72. The van der Waals surface area contributed by atoms with E-state index in [2.05, 4.69) is 23.2 Å². The highest BCUT2D eigenvalue weighted by Crippen LogP contribution is 2.33. The maximum absolute atomic E-state index is 9.03. The van der Waals surface area contributed by atoms with Gasteiger partial charge in [0.1, 0.15) is 0 Å². The van der Waals surface area contributed by atoms with E-state index in [0.29, 0.717) is 0 Å². The molecule has 0 radical (unpaired) electrons. The molecular weight excluding hydrogens is 276 g/mol. The Balaban J connectivity index is 2.28. The van der Waals surface area contributed by atoms with Gasteiger partial charge in [-0.15, -0.1) is 11.8 Å². The molecule has 0 amide bonds. The Morgan fingerprint density at radius 1 is 1.29 bits per heavy atom. The number of hydrogen-bond donors (Lipinski definition) is 0. The Bertz CT molecular complexity index is 631. The Hall–Kier alpha value is -2.05. The molecule has 0 N–H and O–H groups in total. The van der Waals surface area contributed by atoms with Gasteiger partial charge in [-0.3, -0.25) is 4.99 Å². The topological polar surface area (TPSA) is 36.1 Å². The summed E-state index contributed by atoms with van der Waals surface area (Å²) in [6, 6.07) is 12.3. The zero-order valence-electron chi connectivity index (χ0n) is 12.1. The smallest absolute Gasteiger partial charge is 0.0918 e. The van der Waals surface area contributed by atoms with Crippen molar-refractivity contribution in [3.8, 4) is 6.07 Å². The van der Waals surface area contributed by atoms with Crippen molar-refractivity contribution in [1.29, 1.82) is 5.26 Å². The van der Waals surface area contributed by atoms with E-state index in [-0.39, 0.29) is 0 Å². The molecule has 0 fully saturated rings. The number of allylic oxidation sites excluding steroid dienone is 5. The summed E-state index contributed by atoms with van der Waals surface area (Å²) in [6.07, 6.45) is 10.8. The van der Waals surface area contributed by atoms with E-state index in [1.165, 1.54) is 5.57 Å². The molecule has 1 aromatic rings. The van der Waals surface area contributed by atoms with Gasteiger partial charge in [-0.25, -0.2) is 0 Å². The average Bonchev–Trinajstić information content (AvgIpc) is 2.98. The lowest BCUT2D eigenvalue weighted by atomic mass is 10.0. The lowest BCUT2D eigenvalue weighted by Crippen LogP contribution is -1.86. The Labute approximate surface area is 130 Å². The highest BCUT2D eigenvalue weighted by Gasteiger charge is 2.16. The van der Waals surface area contributed by atoms with Gasteiger partial charge in [0.05, 0.1) is 11.6 Å². The van der Waals surface area contributed by atoms with Crippen molar-refractivity contribution in [2.24, 2.45) is 4.99 Å². The summed E-state index contributed by atoms with van der Waals surface area (Å²) in [5, 5.41) is 9.03. The number of nitriles is 1. The summed E-state index contributed by atoms with van der Waals surface area (Å²) in [5.74, 6) is 0. The largest absolute Gasteiger partial charge is 0.254 e. The van der Waals surface area contributed by atoms with Gasteiger partial charge in [0, 0.05) is 11.8 Å². The van der Waals surface area contributed by atoms with Crippen molar-refractivity contribution in [3.05, 3.63) is 64.9 Å². The van der Waals surface area contributed by atoms with Gasteiger partial charge in [0.15, 0.2) is 0 Å². The molecule has 1 aliphatic carbocycles. The second kappa shape index (κ2) is 8.28. The van der Waals surface area contributed by atoms with Crippen LogP contribution in [0.2, 0.25) is 0 Å². The van der Waals surface area contributed by atoms with Crippen molar-refractivity contribution in [2.75, 3.05) is 6.26 Å². The van der Waals surface area contributed by atoms with Crippen LogP contribution >= 0.6 is 11.8 Å². The standard InChI is InChI=1S/C18H18N2S/c1-21-14-20-18-9-5-8-17(18)16(12-13-19)11-10-15-6-3-2-4-7-15/h2-4,6-7,10-12,14H,5,8-9H2,1H3. The van der Waals surface area contributed by atoms with Crippen LogP contribution in [0.15, 0.2) is 64.3 Å². The minimum atomic E-state index is 0.979. The Morgan fingerprint density at radius 3 is 2.81 bits per heavy atom. The summed E-state index contributed by atoms with van der Waals surface area (Å²) in [6.45, 7) is 0. The van der Waals surface area contributed by atoms with Gasteiger partial charge in [-0.2, -0.15) is 5.26 Å². The summed E-state index contributed by atoms with van der Waals surface area (Å²) >= 11 is 1.60. The number of nitrogens with zero attached hydrogens (tertiary/aromatic N) is 2. The average molecular weight is 294 g/mol. The monoisotopic (exact) mass is 294 g/mol. The van der Waals surface area contributed by atoms with Gasteiger partial charge in [0.2, 0.25) is 0 Å². The lowest BCUT2D eigenvalue weighted by molar-refractivity contribution is 0.893. The lowest BCUT2D eigenvalue weighted by Gasteiger charge is -2.04. The normalized spacial score (nSPS) is 16.1. The summed E-state index contributed by atoms with van der Waals surface area (Å²) in [7, 11) is 0. The molecule has 0 saturated carbocycles.